The first kappa shape index (κ1) is 17.0. The lowest BCUT2D eigenvalue weighted by molar-refractivity contribution is -0.122. The maximum atomic E-state index is 12.1. The van der Waals surface area contributed by atoms with Crippen molar-refractivity contribution in [2.45, 2.75) is 76.3 Å². The van der Waals surface area contributed by atoms with Crippen LogP contribution < -0.4 is 11.1 Å². The molecular weight excluding hydrogens is 272 g/mol. The number of hydrogen-bond acceptors (Lipinski definition) is 2. The Labute approximate surface area is 134 Å². The number of nitrogens with one attached hydrogen (secondary N) is 1. The fraction of sp³-hybridized carbons (Fsp3) is 0.632. The van der Waals surface area contributed by atoms with Crippen molar-refractivity contribution in [1.82, 2.24) is 5.32 Å². The predicted octanol–water partition coefficient (Wildman–Crippen LogP) is 3.74. The van der Waals surface area contributed by atoms with Crippen LogP contribution in [-0.2, 0) is 4.79 Å². The number of carbonyl (C=O) groups excluding carboxylic acids is 1. The van der Waals surface area contributed by atoms with Crippen LogP contribution in [0.15, 0.2) is 30.3 Å². The lowest BCUT2D eigenvalue weighted by Crippen LogP contribution is -2.41. The SMILES string of the molecule is CCCCCCCCC(N)C(=O)NC1CC1c1ccccc1. The fourth-order valence-electron chi connectivity index (χ4n) is 2.99. The molecule has 0 radical (unpaired) electrons. The van der Waals surface area contributed by atoms with Crippen LogP contribution in [0.25, 0.3) is 0 Å². The summed E-state index contributed by atoms with van der Waals surface area (Å²) in [5.74, 6) is 0.503. The molecule has 0 bridgehead atoms. The van der Waals surface area contributed by atoms with Crippen molar-refractivity contribution >= 4 is 5.91 Å². The van der Waals surface area contributed by atoms with Gasteiger partial charge in [0.15, 0.2) is 0 Å². The van der Waals surface area contributed by atoms with E-state index < -0.39 is 0 Å². The molecule has 1 aliphatic rings. The number of rotatable bonds is 10. The summed E-state index contributed by atoms with van der Waals surface area (Å²) in [5.41, 5.74) is 7.32. The van der Waals surface area contributed by atoms with E-state index in [2.05, 4.69) is 36.5 Å². The summed E-state index contributed by atoms with van der Waals surface area (Å²) in [6.07, 6.45) is 9.25. The molecular formula is C19H30N2O. The molecule has 0 saturated heterocycles. The van der Waals surface area contributed by atoms with Crippen molar-refractivity contribution in [1.29, 1.82) is 0 Å². The van der Waals surface area contributed by atoms with Crippen LogP contribution in [0.5, 0.6) is 0 Å². The van der Waals surface area contributed by atoms with Crippen molar-refractivity contribution < 1.29 is 4.79 Å². The minimum absolute atomic E-state index is 0.0250. The normalized spacial score (nSPS) is 21.4. The third-order valence-electron chi connectivity index (χ3n) is 4.55. The van der Waals surface area contributed by atoms with Crippen molar-refractivity contribution in [2.75, 3.05) is 0 Å². The monoisotopic (exact) mass is 302 g/mol. The third-order valence-corrected chi connectivity index (χ3v) is 4.55. The summed E-state index contributed by atoms with van der Waals surface area (Å²) in [7, 11) is 0. The Bertz CT molecular complexity index is 446. The summed E-state index contributed by atoms with van der Waals surface area (Å²) in [4.78, 5) is 12.1. The molecule has 2 rings (SSSR count). The molecule has 122 valence electrons. The molecule has 0 aliphatic heterocycles. The van der Waals surface area contributed by atoms with Crippen LogP contribution in [0.2, 0.25) is 0 Å². The molecule has 3 atom stereocenters. The average molecular weight is 302 g/mol. The minimum Gasteiger partial charge on any atom is -0.351 e. The van der Waals surface area contributed by atoms with Crippen LogP contribution >= 0.6 is 0 Å². The number of benzene rings is 1. The van der Waals surface area contributed by atoms with Gasteiger partial charge in [0, 0.05) is 12.0 Å². The molecule has 0 aromatic heterocycles. The highest BCUT2D eigenvalue weighted by Gasteiger charge is 2.39. The minimum atomic E-state index is -0.344. The van der Waals surface area contributed by atoms with E-state index in [0.717, 1.165) is 19.3 Å². The molecule has 1 aliphatic carbocycles. The van der Waals surface area contributed by atoms with Gasteiger partial charge in [0.25, 0.3) is 0 Å². The Morgan fingerprint density at radius 2 is 1.86 bits per heavy atom. The first-order chi connectivity index (χ1) is 10.7. The molecule has 1 amide bonds. The maximum absolute atomic E-state index is 12.1. The van der Waals surface area contributed by atoms with Gasteiger partial charge in [0.2, 0.25) is 5.91 Å². The van der Waals surface area contributed by atoms with Crippen LogP contribution in [-0.4, -0.2) is 18.0 Å². The van der Waals surface area contributed by atoms with E-state index in [9.17, 15) is 4.79 Å². The first-order valence-corrected chi connectivity index (χ1v) is 8.83. The van der Waals surface area contributed by atoms with Crippen LogP contribution in [0.1, 0.15) is 69.8 Å². The van der Waals surface area contributed by atoms with Gasteiger partial charge in [-0.3, -0.25) is 4.79 Å². The summed E-state index contributed by atoms with van der Waals surface area (Å²) in [5, 5.41) is 3.10. The predicted molar refractivity (Wildman–Crippen MR) is 91.7 cm³/mol. The largest absolute Gasteiger partial charge is 0.351 e. The lowest BCUT2D eigenvalue weighted by atomic mass is 10.1. The van der Waals surface area contributed by atoms with E-state index >= 15 is 0 Å². The average Bonchev–Trinajstić information content (AvgIpc) is 3.30. The highest BCUT2D eigenvalue weighted by atomic mass is 16.2. The highest BCUT2D eigenvalue weighted by Crippen LogP contribution is 2.40. The Morgan fingerprint density at radius 3 is 2.59 bits per heavy atom. The number of carbonyl (C=O) groups is 1. The van der Waals surface area contributed by atoms with Gasteiger partial charge in [0.05, 0.1) is 6.04 Å². The van der Waals surface area contributed by atoms with Crippen molar-refractivity contribution in [3.8, 4) is 0 Å². The molecule has 3 N–H and O–H groups in total. The van der Waals surface area contributed by atoms with Gasteiger partial charge in [-0.05, 0) is 18.4 Å². The van der Waals surface area contributed by atoms with Gasteiger partial charge in [-0.15, -0.1) is 0 Å². The molecule has 3 nitrogen and oxygen atoms in total. The van der Waals surface area contributed by atoms with Crippen LogP contribution in [0, 0.1) is 0 Å². The Kier molecular flexibility index (Phi) is 6.91. The van der Waals surface area contributed by atoms with Gasteiger partial charge in [-0.25, -0.2) is 0 Å². The zero-order valence-electron chi connectivity index (χ0n) is 13.8. The molecule has 1 aromatic rings. The van der Waals surface area contributed by atoms with E-state index in [1.807, 2.05) is 6.07 Å². The zero-order valence-corrected chi connectivity index (χ0v) is 13.8. The smallest absolute Gasteiger partial charge is 0.237 e. The Morgan fingerprint density at radius 1 is 1.18 bits per heavy atom. The van der Waals surface area contributed by atoms with Crippen molar-refractivity contribution in [3.63, 3.8) is 0 Å². The third kappa shape index (κ3) is 5.45. The van der Waals surface area contributed by atoms with Crippen molar-refractivity contribution in [2.24, 2.45) is 5.73 Å². The maximum Gasteiger partial charge on any atom is 0.237 e. The van der Waals surface area contributed by atoms with E-state index in [4.69, 9.17) is 5.73 Å². The molecule has 1 fully saturated rings. The standard InChI is InChI=1S/C19H30N2O/c1-2-3-4-5-6-10-13-17(20)19(22)21-18-14-16(18)15-11-8-7-9-12-15/h7-9,11-12,16-18H,2-6,10,13-14,20H2,1H3,(H,21,22). The second-order valence-electron chi connectivity index (χ2n) is 6.53. The van der Waals surface area contributed by atoms with Gasteiger partial charge < -0.3 is 11.1 Å². The van der Waals surface area contributed by atoms with Crippen LogP contribution in [0.3, 0.4) is 0 Å². The molecule has 22 heavy (non-hydrogen) atoms. The second kappa shape index (κ2) is 8.94. The lowest BCUT2D eigenvalue weighted by Gasteiger charge is -2.12. The summed E-state index contributed by atoms with van der Waals surface area (Å²) in [6.45, 7) is 2.22. The molecule has 0 spiro atoms. The van der Waals surface area contributed by atoms with E-state index in [1.165, 1.54) is 37.7 Å². The van der Waals surface area contributed by atoms with Gasteiger partial charge in [0.1, 0.15) is 0 Å². The summed E-state index contributed by atoms with van der Waals surface area (Å²) in [6, 6.07) is 10.3. The van der Waals surface area contributed by atoms with Gasteiger partial charge >= 0.3 is 0 Å². The number of unbranched alkanes of at least 4 members (excludes halogenated alkanes) is 5. The first-order valence-electron chi connectivity index (χ1n) is 8.83. The number of hydrogen-bond donors (Lipinski definition) is 2. The topological polar surface area (TPSA) is 55.1 Å². The molecule has 3 unspecified atom stereocenters. The highest BCUT2D eigenvalue weighted by molar-refractivity contribution is 5.82. The fourth-order valence-corrected chi connectivity index (χ4v) is 2.99. The van der Waals surface area contributed by atoms with Crippen LogP contribution in [0.4, 0.5) is 0 Å². The van der Waals surface area contributed by atoms with Gasteiger partial charge in [-0.1, -0.05) is 75.8 Å². The van der Waals surface area contributed by atoms with E-state index in [1.54, 1.807) is 0 Å². The zero-order chi connectivity index (χ0) is 15.8. The second-order valence-corrected chi connectivity index (χ2v) is 6.53. The Hall–Kier alpha value is -1.35. The van der Waals surface area contributed by atoms with Crippen molar-refractivity contribution in [3.05, 3.63) is 35.9 Å². The van der Waals surface area contributed by atoms with Gasteiger partial charge in [-0.2, -0.15) is 0 Å². The summed E-state index contributed by atoms with van der Waals surface area (Å²) < 4.78 is 0. The summed E-state index contributed by atoms with van der Waals surface area (Å²) >= 11 is 0. The number of nitrogens with two attached hydrogens (primary N) is 1. The molecule has 0 heterocycles. The number of amides is 1. The van der Waals surface area contributed by atoms with E-state index in [-0.39, 0.29) is 18.0 Å². The molecule has 3 heteroatoms. The molecule has 1 saturated carbocycles. The Balaban J connectivity index is 1.59. The molecule has 1 aromatic carbocycles. The van der Waals surface area contributed by atoms with E-state index in [0.29, 0.717) is 5.92 Å². The quantitative estimate of drug-likeness (QED) is 0.647.